The van der Waals surface area contributed by atoms with E-state index in [2.05, 4.69) is 12.2 Å². The second-order valence-electron chi connectivity index (χ2n) is 6.12. The number of nitrogens with one attached hydrogen (secondary N) is 1. The number of hydrogen-bond acceptors (Lipinski definition) is 3. The van der Waals surface area contributed by atoms with Gasteiger partial charge in [-0.15, -0.1) is 0 Å². The molecule has 2 amide bonds. The average Bonchev–Trinajstić information content (AvgIpc) is 2.69. The maximum absolute atomic E-state index is 13.6. The lowest BCUT2D eigenvalue weighted by Gasteiger charge is -2.22. The van der Waals surface area contributed by atoms with Crippen LogP contribution in [0.3, 0.4) is 0 Å². The minimum atomic E-state index is -0.474. The predicted octanol–water partition coefficient (Wildman–Crippen LogP) is 3.79. The van der Waals surface area contributed by atoms with Crippen LogP contribution in [0.15, 0.2) is 48.5 Å². The SMILES string of the molecule is CCCCCOc1ccc(C(=O)N(CC(=O)NC)c2cccc(F)c2)cc1. The third kappa shape index (κ3) is 6.09. The van der Waals surface area contributed by atoms with Crippen molar-refractivity contribution in [3.63, 3.8) is 0 Å². The fourth-order valence-electron chi connectivity index (χ4n) is 2.54. The molecule has 2 rings (SSSR count). The molecule has 2 aromatic rings. The lowest BCUT2D eigenvalue weighted by Crippen LogP contribution is -2.39. The van der Waals surface area contributed by atoms with Gasteiger partial charge < -0.3 is 10.1 Å². The van der Waals surface area contributed by atoms with Gasteiger partial charge in [-0.2, -0.15) is 0 Å². The van der Waals surface area contributed by atoms with Gasteiger partial charge in [0.1, 0.15) is 18.1 Å². The molecular formula is C21H25FN2O3. The molecule has 0 saturated heterocycles. The van der Waals surface area contributed by atoms with E-state index in [1.165, 1.54) is 30.1 Å². The Balaban J connectivity index is 2.15. The maximum atomic E-state index is 13.6. The van der Waals surface area contributed by atoms with Gasteiger partial charge in [-0.25, -0.2) is 4.39 Å². The van der Waals surface area contributed by atoms with Gasteiger partial charge >= 0.3 is 0 Å². The van der Waals surface area contributed by atoms with Crippen molar-refractivity contribution in [3.05, 3.63) is 59.9 Å². The zero-order chi connectivity index (χ0) is 19.6. The Morgan fingerprint density at radius 1 is 1.11 bits per heavy atom. The van der Waals surface area contributed by atoms with Gasteiger partial charge in [0.2, 0.25) is 5.91 Å². The van der Waals surface area contributed by atoms with Gasteiger partial charge in [0.05, 0.1) is 6.61 Å². The minimum absolute atomic E-state index is 0.200. The van der Waals surface area contributed by atoms with Crippen molar-refractivity contribution >= 4 is 17.5 Å². The molecule has 0 heterocycles. The van der Waals surface area contributed by atoms with E-state index in [0.29, 0.717) is 23.6 Å². The molecule has 0 unspecified atom stereocenters. The quantitative estimate of drug-likeness (QED) is 0.682. The highest BCUT2D eigenvalue weighted by Crippen LogP contribution is 2.20. The van der Waals surface area contributed by atoms with Crippen LogP contribution in [0, 0.1) is 5.82 Å². The summed E-state index contributed by atoms with van der Waals surface area (Å²) in [6.45, 7) is 2.56. The zero-order valence-corrected chi connectivity index (χ0v) is 15.7. The van der Waals surface area contributed by atoms with E-state index < -0.39 is 5.82 Å². The lowest BCUT2D eigenvalue weighted by atomic mass is 10.1. The number of benzene rings is 2. The summed E-state index contributed by atoms with van der Waals surface area (Å²) in [6, 6.07) is 12.4. The van der Waals surface area contributed by atoms with Gasteiger partial charge in [-0.1, -0.05) is 25.8 Å². The molecule has 0 radical (unpaired) electrons. The summed E-state index contributed by atoms with van der Waals surface area (Å²) < 4.78 is 19.2. The number of rotatable bonds is 9. The highest BCUT2D eigenvalue weighted by atomic mass is 19.1. The second-order valence-corrected chi connectivity index (χ2v) is 6.12. The first-order chi connectivity index (χ1) is 13.0. The number of anilines is 1. The van der Waals surface area contributed by atoms with Crippen molar-refractivity contribution in [2.45, 2.75) is 26.2 Å². The Morgan fingerprint density at radius 3 is 2.48 bits per heavy atom. The van der Waals surface area contributed by atoms with Crippen LogP contribution in [0.1, 0.15) is 36.5 Å². The summed E-state index contributed by atoms with van der Waals surface area (Å²) >= 11 is 0. The summed E-state index contributed by atoms with van der Waals surface area (Å²) in [5.74, 6) is -0.519. The number of carbonyl (C=O) groups is 2. The lowest BCUT2D eigenvalue weighted by molar-refractivity contribution is -0.119. The van der Waals surface area contributed by atoms with Crippen molar-refractivity contribution in [2.75, 3.05) is 25.1 Å². The van der Waals surface area contributed by atoms with E-state index in [1.54, 1.807) is 30.3 Å². The zero-order valence-electron chi connectivity index (χ0n) is 15.7. The van der Waals surface area contributed by atoms with Crippen LogP contribution < -0.4 is 15.0 Å². The summed E-state index contributed by atoms with van der Waals surface area (Å²) in [4.78, 5) is 26.0. The van der Waals surface area contributed by atoms with Gasteiger partial charge in [-0.3, -0.25) is 14.5 Å². The number of nitrogens with zero attached hydrogens (tertiary/aromatic N) is 1. The van der Waals surface area contributed by atoms with Crippen LogP contribution in [-0.4, -0.2) is 32.0 Å². The minimum Gasteiger partial charge on any atom is -0.494 e. The molecule has 2 aromatic carbocycles. The Kier molecular flexibility index (Phi) is 7.79. The summed E-state index contributed by atoms with van der Waals surface area (Å²) in [7, 11) is 1.49. The summed E-state index contributed by atoms with van der Waals surface area (Å²) in [5, 5.41) is 2.48. The smallest absolute Gasteiger partial charge is 0.258 e. The first kappa shape index (κ1) is 20.4. The predicted molar refractivity (Wildman–Crippen MR) is 104 cm³/mol. The molecule has 0 aliphatic rings. The molecule has 0 fully saturated rings. The number of halogens is 1. The number of carbonyl (C=O) groups excluding carboxylic acids is 2. The average molecular weight is 372 g/mol. The van der Waals surface area contributed by atoms with Crippen LogP contribution in [-0.2, 0) is 4.79 Å². The third-order valence-corrected chi connectivity index (χ3v) is 4.06. The maximum Gasteiger partial charge on any atom is 0.258 e. The molecule has 144 valence electrons. The Labute approximate surface area is 159 Å². The molecule has 0 saturated carbocycles. The first-order valence-corrected chi connectivity index (χ1v) is 9.06. The number of hydrogen-bond donors (Lipinski definition) is 1. The van der Waals surface area contributed by atoms with Crippen molar-refractivity contribution in [1.82, 2.24) is 5.32 Å². The highest BCUT2D eigenvalue weighted by molar-refractivity contribution is 6.08. The largest absolute Gasteiger partial charge is 0.494 e. The number of unbranched alkanes of at least 4 members (excludes halogenated alkanes) is 2. The standard InChI is InChI=1S/C21H25FN2O3/c1-3-4-5-13-27-19-11-9-16(10-12-19)21(26)24(15-20(25)23-2)18-8-6-7-17(22)14-18/h6-12,14H,3-5,13,15H2,1-2H3,(H,23,25). The molecule has 27 heavy (non-hydrogen) atoms. The molecular weight excluding hydrogens is 347 g/mol. The van der Waals surface area contributed by atoms with E-state index in [4.69, 9.17) is 4.74 Å². The van der Waals surface area contributed by atoms with E-state index >= 15 is 0 Å². The fraction of sp³-hybridized carbons (Fsp3) is 0.333. The molecule has 0 aromatic heterocycles. The topological polar surface area (TPSA) is 58.6 Å². The molecule has 0 spiro atoms. The molecule has 0 bridgehead atoms. The molecule has 0 aliphatic carbocycles. The van der Waals surface area contributed by atoms with E-state index in [0.717, 1.165) is 19.3 Å². The van der Waals surface area contributed by atoms with Crippen molar-refractivity contribution in [2.24, 2.45) is 0 Å². The first-order valence-electron chi connectivity index (χ1n) is 9.06. The highest BCUT2D eigenvalue weighted by Gasteiger charge is 2.20. The Hall–Kier alpha value is -2.89. The van der Waals surface area contributed by atoms with E-state index in [9.17, 15) is 14.0 Å². The van der Waals surface area contributed by atoms with Crippen LogP contribution in [0.25, 0.3) is 0 Å². The summed E-state index contributed by atoms with van der Waals surface area (Å²) in [6.07, 6.45) is 3.22. The Bertz CT molecular complexity index is 762. The van der Waals surface area contributed by atoms with Crippen LogP contribution in [0.4, 0.5) is 10.1 Å². The Morgan fingerprint density at radius 2 is 1.85 bits per heavy atom. The van der Waals surface area contributed by atoms with Crippen LogP contribution in [0.5, 0.6) is 5.75 Å². The van der Waals surface area contributed by atoms with Crippen molar-refractivity contribution in [3.8, 4) is 5.75 Å². The molecule has 0 aliphatic heterocycles. The van der Waals surface area contributed by atoms with Crippen molar-refractivity contribution < 1.29 is 18.7 Å². The van der Waals surface area contributed by atoms with Gasteiger partial charge in [-0.05, 0) is 48.9 Å². The van der Waals surface area contributed by atoms with Gasteiger partial charge in [0.15, 0.2) is 0 Å². The number of amides is 2. The normalized spacial score (nSPS) is 10.3. The van der Waals surface area contributed by atoms with E-state index in [-0.39, 0.29) is 18.4 Å². The molecule has 1 N–H and O–H groups in total. The van der Waals surface area contributed by atoms with Crippen molar-refractivity contribution in [1.29, 1.82) is 0 Å². The van der Waals surface area contributed by atoms with E-state index in [1.807, 2.05) is 0 Å². The third-order valence-electron chi connectivity index (χ3n) is 4.06. The molecule has 0 atom stereocenters. The van der Waals surface area contributed by atoms with Gasteiger partial charge in [0, 0.05) is 18.3 Å². The van der Waals surface area contributed by atoms with Crippen LogP contribution >= 0.6 is 0 Å². The molecule has 6 heteroatoms. The van der Waals surface area contributed by atoms with Gasteiger partial charge in [0.25, 0.3) is 5.91 Å². The summed E-state index contributed by atoms with van der Waals surface area (Å²) in [5.41, 5.74) is 0.715. The number of likely N-dealkylation sites (N-methyl/N-ethyl adjacent to an activating group) is 1. The molecule has 5 nitrogen and oxygen atoms in total. The van der Waals surface area contributed by atoms with Crippen LogP contribution in [0.2, 0.25) is 0 Å². The number of ether oxygens (including phenoxy) is 1. The second kappa shape index (κ2) is 10.3. The fourth-order valence-corrected chi connectivity index (χ4v) is 2.54. The monoisotopic (exact) mass is 372 g/mol.